The molecule has 2 heteroatoms. The number of para-hydroxylation sites is 3. The highest BCUT2D eigenvalue weighted by molar-refractivity contribution is 6.21. The molecule has 49 heavy (non-hydrogen) atoms. The summed E-state index contributed by atoms with van der Waals surface area (Å²) in [5.41, 5.74) is 7.76. The van der Waals surface area contributed by atoms with Crippen LogP contribution in [0, 0.1) is 0 Å². The quantitative estimate of drug-likeness (QED) is 0.166. The second-order valence-corrected chi connectivity index (χ2v) is 11.9. The molecule has 0 aliphatic rings. The molecule has 232 valence electrons. The Bertz CT molecular complexity index is 3040. The molecule has 1 aromatic heterocycles. The molecule has 0 amide bonds. The van der Waals surface area contributed by atoms with Gasteiger partial charge in [-0.3, -0.25) is 4.57 Å². The third kappa shape index (κ3) is 4.92. The SMILES string of the molecule is [2H]c1c([2H])c([2H])c(-c2cccc(-c3c4ccccc4c(-c4ccc(-c5ccccc5-n5c(C([2H])([2H])C([2H])([2H])[2H])nc6ccccc65)cc4)c4ccccc34)c2)c([2H])c1[2H]. The van der Waals surface area contributed by atoms with Gasteiger partial charge in [0, 0.05) is 18.8 Å². The van der Waals surface area contributed by atoms with Crippen LogP contribution in [-0.2, 0) is 6.37 Å². The van der Waals surface area contributed by atoms with Crippen molar-refractivity contribution in [2.75, 3.05) is 0 Å². The minimum absolute atomic E-state index is 0.151. The van der Waals surface area contributed by atoms with E-state index in [1.54, 1.807) is 22.8 Å². The first-order valence-corrected chi connectivity index (χ1v) is 16.1. The second-order valence-electron chi connectivity index (χ2n) is 11.9. The Hall–Kier alpha value is -6.25. The zero-order valence-electron chi connectivity index (χ0n) is 36.3. The smallest absolute Gasteiger partial charge is 0.114 e. The van der Waals surface area contributed by atoms with Gasteiger partial charge in [-0.1, -0.05) is 158 Å². The van der Waals surface area contributed by atoms with Gasteiger partial charge in [0.05, 0.1) is 23.6 Å². The summed E-state index contributed by atoms with van der Waals surface area (Å²) >= 11 is 0. The molecule has 0 atom stereocenters. The van der Waals surface area contributed by atoms with Gasteiger partial charge in [-0.2, -0.15) is 0 Å². The van der Waals surface area contributed by atoms with Crippen LogP contribution >= 0.6 is 0 Å². The van der Waals surface area contributed by atoms with Gasteiger partial charge in [0.2, 0.25) is 0 Å². The lowest BCUT2D eigenvalue weighted by atomic mass is 9.85. The van der Waals surface area contributed by atoms with Gasteiger partial charge in [-0.05, 0) is 84.8 Å². The van der Waals surface area contributed by atoms with E-state index in [4.69, 9.17) is 13.7 Å². The van der Waals surface area contributed by atoms with Gasteiger partial charge in [-0.15, -0.1) is 0 Å². The predicted molar refractivity (Wildman–Crippen MR) is 207 cm³/mol. The molecular formula is C47H34N2. The minimum Gasteiger partial charge on any atom is -0.296 e. The van der Waals surface area contributed by atoms with Crippen LogP contribution in [0.2, 0.25) is 0 Å². The predicted octanol–water partition coefficient (Wildman–Crippen LogP) is 12.6. The van der Waals surface area contributed by atoms with Crippen molar-refractivity contribution in [2.45, 2.75) is 13.2 Å². The molecular weight excluding hydrogens is 593 g/mol. The number of hydrogen-bond acceptors (Lipinski definition) is 1. The van der Waals surface area contributed by atoms with E-state index in [2.05, 4.69) is 41.4 Å². The third-order valence-electron chi connectivity index (χ3n) is 9.17. The summed E-state index contributed by atoms with van der Waals surface area (Å²) in [6, 6.07) is 45.0. The Morgan fingerprint density at radius 1 is 0.551 bits per heavy atom. The molecule has 0 aliphatic heterocycles. The fourth-order valence-corrected chi connectivity index (χ4v) is 7.06. The van der Waals surface area contributed by atoms with E-state index in [0.29, 0.717) is 22.3 Å². The first-order chi connectivity index (χ1) is 28.3. The fraction of sp³-hybridized carbons (Fsp3) is 0.0426. The minimum atomic E-state index is -2.96. The van der Waals surface area contributed by atoms with E-state index in [1.165, 1.54) is 0 Å². The van der Waals surface area contributed by atoms with Gasteiger partial charge in [0.1, 0.15) is 5.82 Å². The summed E-state index contributed by atoms with van der Waals surface area (Å²) in [6.07, 6.45) is -2.74. The average molecular weight is 637 g/mol. The molecule has 9 aromatic rings. The first-order valence-electron chi connectivity index (χ1n) is 21.1. The van der Waals surface area contributed by atoms with Crippen molar-refractivity contribution >= 4 is 32.6 Å². The Labute approximate surface area is 300 Å². The standard InChI is InChI=1S/C47H34N2/c1-2-45-48-42-24-11-13-26-44(42)49(45)43-25-12-10-19-37(43)33-27-29-34(30-28-33)46-38-20-6-8-22-40(38)47(41-23-9-7-21-39(41)46)36-18-14-17-35(31-36)32-15-4-3-5-16-32/h3-31H,2H2,1H3/i1D3,2D2,3D,4D,5D,15D,16D. The molecule has 9 rings (SSSR count). The summed E-state index contributed by atoms with van der Waals surface area (Å²) in [5, 5.41) is 3.97. The zero-order chi connectivity index (χ0) is 41.4. The van der Waals surface area contributed by atoms with Crippen LogP contribution in [0.25, 0.3) is 82.8 Å². The largest absolute Gasteiger partial charge is 0.296 e. The second kappa shape index (κ2) is 12.1. The number of rotatable bonds is 6. The number of aromatic nitrogens is 2. The van der Waals surface area contributed by atoms with Crippen molar-refractivity contribution in [1.82, 2.24) is 9.55 Å². The van der Waals surface area contributed by atoms with Crippen molar-refractivity contribution in [3.8, 4) is 50.2 Å². The molecule has 1 heterocycles. The van der Waals surface area contributed by atoms with Crippen LogP contribution in [-0.4, -0.2) is 9.55 Å². The van der Waals surface area contributed by atoms with Gasteiger partial charge < -0.3 is 0 Å². The lowest BCUT2D eigenvalue weighted by Gasteiger charge is -2.19. The van der Waals surface area contributed by atoms with Crippen LogP contribution in [0.4, 0.5) is 0 Å². The molecule has 0 N–H and O–H groups in total. The molecule has 0 saturated carbocycles. The highest BCUT2D eigenvalue weighted by Gasteiger charge is 2.18. The van der Waals surface area contributed by atoms with E-state index < -0.39 is 19.3 Å². The lowest BCUT2D eigenvalue weighted by molar-refractivity contribution is 0.909. The topological polar surface area (TPSA) is 17.8 Å². The number of fused-ring (bicyclic) bond motifs is 3. The summed E-state index contributed by atoms with van der Waals surface area (Å²) < 4.78 is 85.1. The third-order valence-corrected chi connectivity index (χ3v) is 9.17. The van der Waals surface area contributed by atoms with Crippen molar-refractivity contribution in [2.24, 2.45) is 0 Å². The molecule has 0 saturated heterocycles. The number of hydrogen-bond donors (Lipinski definition) is 0. The van der Waals surface area contributed by atoms with Crippen LogP contribution < -0.4 is 0 Å². The molecule has 0 fully saturated rings. The maximum atomic E-state index is 8.72. The summed E-state index contributed by atoms with van der Waals surface area (Å²) in [5.74, 6) is -0.195. The van der Waals surface area contributed by atoms with Crippen LogP contribution in [0.1, 0.15) is 26.4 Å². The average Bonchev–Trinajstić information content (AvgIpc) is 3.64. The molecule has 8 aromatic carbocycles. The van der Waals surface area contributed by atoms with Gasteiger partial charge in [-0.25, -0.2) is 4.98 Å². The van der Waals surface area contributed by atoms with Crippen LogP contribution in [0.5, 0.6) is 0 Å². The number of aryl methyl sites for hydroxylation is 1. The molecule has 0 spiro atoms. The molecule has 0 unspecified atom stereocenters. The Morgan fingerprint density at radius 3 is 1.86 bits per heavy atom. The maximum absolute atomic E-state index is 8.72. The summed E-state index contributed by atoms with van der Waals surface area (Å²) in [4.78, 5) is 4.53. The highest BCUT2D eigenvalue weighted by Crippen LogP contribution is 2.44. The van der Waals surface area contributed by atoms with Gasteiger partial charge in [0.15, 0.2) is 0 Å². The number of imidazole rings is 1. The monoisotopic (exact) mass is 636 g/mol. The van der Waals surface area contributed by atoms with E-state index in [9.17, 15) is 0 Å². The van der Waals surface area contributed by atoms with E-state index >= 15 is 0 Å². The molecule has 0 aliphatic carbocycles. The van der Waals surface area contributed by atoms with Gasteiger partial charge in [0.25, 0.3) is 0 Å². The van der Waals surface area contributed by atoms with Crippen LogP contribution in [0.3, 0.4) is 0 Å². The Balaban J connectivity index is 1.20. The zero-order valence-corrected chi connectivity index (χ0v) is 26.3. The van der Waals surface area contributed by atoms with Crippen molar-refractivity contribution < 1.29 is 13.7 Å². The van der Waals surface area contributed by atoms with Crippen molar-refractivity contribution in [3.05, 3.63) is 182 Å². The van der Waals surface area contributed by atoms with Crippen molar-refractivity contribution in [1.29, 1.82) is 0 Å². The molecule has 0 bridgehead atoms. The molecule has 2 nitrogen and oxygen atoms in total. The van der Waals surface area contributed by atoms with E-state index in [-0.39, 0.29) is 35.6 Å². The summed E-state index contributed by atoms with van der Waals surface area (Å²) in [7, 11) is 0. The fourth-order valence-electron chi connectivity index (χ4n) is 7.06. The Morgan fingerprint density at radius 2 is 1.14 bits per heavy atom. The van der Waals surface area contributed by atoms with E-state index in [1.807, 2.05) is 91.0 Å². The first kappa shape index (κ1) is 20.2. The number of benzene rings is 8. The summed E-state index contributed by atoms with van der Waals surface area (Å²) in [6.45, 7) is -2.96. The van der Waals surface area contributed by atoms with Crippen molar-refractivity contribution in [3.63, 3.8) is 0 Å². The molecule has 0 radical (unpaired) electrons. The lowest BCUT2D eigenvalue weighted by Crippen LogP contribution is -2.02. The highest BCUT2D eigenvalue weighted by atomic mass is 15.1. The van der Waals surface area contributed by atoms with E-state index in [0.717, 1.165) is 54.9 Å². The normalized spacial score (nSPS) is 14.9. The van der Waals surface area contributed by atoms with Gasteiger partial charge >= 0.3 is 0 Å². The maximum Gasteiger partial charge on any atom is 0.114 e. The Kier molecular flexibility index (Phi) is 4.98. The van der Waals surface area contributed by atoms with Crippen LogP contribution in [0.15, 0.2) is 176 Å². The number of nitrogens with zero attached hydrogens (tertiary/aromatic N) is 2.